The Morgan fingerprint density at radius 2 is 1.76 bits per heavy atom. The van der Waals surface area contributed by atoms with Crippen LogP contribution in [0.4, 0.5) is 20.6 Å². The second kappa shape index (κ2) is 8.27. The zero-order valence-corrected chi connectivity index (χ0v) is 19.2. The maximum atomic E-state index is 15.0. The van der Waals surface area contributed by atoms with Crippen LogP contribution in [0.1, 0.15) is 24.0 Å². The zero-order valence-electron chi connectivity index (χ0n) is 18.4. The van der Waals surface area contributed by atoms with E-state index in [2.05, 4.69) is 0 Å². The normalized spacial score (nSPS) is 24.9. The average molecular weight is 477 g/mol. The van der Waals surface area contributed by atoms with Crippen molar-refractivity contribution in [2.24, 2.45) is 0 Å². The second-order valence-electron chi connectivity index (χ2n) is 8.74. The third kappa shape index (κ3) is 4.30. The number of anilines is 2. The maximum absolute atomic E-state index is 15.0. The van der Waals surface area contributed by atoms with Crippen molar-refractivity contribution in [1.29, 1.82) is 0 Å². The highest BCUT2D eigenvalue weighted by Gasteiger charge is 2.38. The minimum Gasteiger partial charge on any atom is -0.416 e. The van der Waals surface area contributed by atoms with E-state index in [0.717, 1.165) is 23.3 Å². The molecule has 3 aliphatic heterocycles. The Morgan fingerprint density at radius 3 is 2.42 bits per heavy atom. The Bertz CT molecular complexity index is 1190. The van der Waals surface area contributed by atoms with Gasteiger partial charge in [0.05, 0.1) is 35.0 Å². The van der Waals surface area contributed by atoms with E-state index in [1.165, 1.54) is 12.1 Å². The summed E-state index contributed by atoms with van der Waals surface area (Å²) in [6, 6.07) is 9.37. The van der Waals surface area contributed by atoms with Crippen molar-refractivity contribution in [3.8, 4) is 0 Å². The predicted octanol–water partition coefficient (Wildman–Crippen LogP) is 3.50. The van der Waals surface area contributed by atoms with Crippen molar-refractivity contribution >= 4 is 27.6 Å². The SMILES string of the molecule is Cc1ccc(S(=O)(=O)OC2CN(c3ccc(N4CC5CCC(C4)O5)c(F)c3)C(=O)O2)c(C)c1. The summed E-state index contributed by atoms with van der Waals surface area (Å²) >= 11 is 0. The van der Waals surface area contributed by atoms with E-state index in [1.54, 1.807) is 31.2 Å². The molecule has 2 aromatic carbocycles. The van der Waals surface area contributed by atoms with Crippen LogP contribution in [0.2, 0.25) is 0 Å². The highest BCUT2D eigenvalue weighted by Crippen LogP contribution is 2.33. The number of rotatable bonds is 5. The molecule has 0 N–H and O–H groups in total. The van der Waals surface area contributed by atoms with Gasteiger partial charge in [-0.1, -0.05) is 17.7 Å². The number of nitrogens with zero attached hydrogens (tertiary/aromatic N) is 2. The van der Waals surface area contributed by atoms with Gasteiger partial charge in [-0.05, 0) is 56.5 Å². The van der Waals surface area contributed by atoms with Gasteiger partial charge in [-0.25, -0.2) is 13.4 Å². The number of hydrogen-bond acceptors (Lipinski definition) is 7. The standard InChI is InChI=1S/C23H25FN2O6S/c1-14-3-8-21(15(2)9-14)33(28,29)32-22-13-26(23(27)31-22)16-4-7-20(19(24)10-16)25-11-17-5-6-18(12-25)30-17/h3-4,7-10,17-18,22H,5-6,11-13H2,1-2H3. The summed E-state index contributed by atoms with van der Waals surface area (Å²) in [6.45, 7) is 4.61. The molecular weight excluding hydrogens is 451 g/mol. The molecule has 5 rings (SSSR count). The Morgan fingerprint density at radius 1 is 1.03 bits per heavy atom. The number of halogens is 1. The van der Waals surface area contributed by atoms with Crippen LogP contribution in [-0.4, -0.2) is 52.6 Å². The zero-order chi connectivity index (χ0) is 23.3. The molecule has 2 bridgehead atoms. The van der Waals surface area contributed by atoms with Gasteiger partial charge >= 0.3 is 16.2 Å². The largest absolute Gasteiger partial charge is 0.416 e. The summed E-state index contributed by atoms with van der Waals surface area (Å²) in [6.07, 6.45) is 0.0646. The van der Waals surface area contributed by atoms with E-state index in [0.29, 0.717) is 24.3 Å². The van der Waals surface area contributed by atoms with E-state index in [-0.39, 0.29) is 29.3 Å². The Kier molecular flexibility index (Phi) is 5.54. The predicted molar refractivity (Wildman–Crippen MR) is 118 cm³/mol. The smallest absolute Gasteiger partial charge is 0.416 e. The quantitative estimate of drug-likeness (QED) is 0.611. The fourth-order valence-corrected chi connectivity index (χ4v) is 5.88. The summed E-state index contributed by atoms with van der Waals surface area (Å²) in [5, 5.41) is 0. The summed E-state index contributed by atoms with van der Waals surface area (Å²) in [4.78, 5) is 15.5. The third-order valence-electron chi connectivity index (χ3n) is 6.25. The van der Waals surface area contributed by atoms with Crippen LogP contribution in [0.15, 0.2) is 41.3 Å². The Hall–Kier alpha value is -2.69. The van der Waals surface area contributed by atoms with Gasteiger partial charge in [0, 0.05) is 13.1 Å². The molecule has 0 spiro atoms. The molecule has 3 unspecified atom stereocenters. The highest BCUT2D eigenvalue weighted by molar-refractivity contribution is 7.86. The first-order chi connectivity index (χ1) is 15.7. The summed E-state index contributed by atoms with van der Waals surface area (Å²) in [5.74, 6) is -0.464. The van der Waals surface area contributed by atoms with Gasteiger partial charge in [0.1, 0.15) is 5.82 Å². The lowest BCUT2D eigenvalue weighted by atomic mass is 10.2. The number of ether oxygens (including phenoxy) is 2. The van der Waals surface area contributed by atoms with Crippen molar-refractivity contribution in [1.82, 2.24) is 0 Å². The molecule has 3 fully saturated rings. The van der Waals surface area contributed by atoms with Gasteiger partial charge in [-0.15, -0.1) is 0 Å². The van der Waals surface area contributed by atoms with Crippen molar-refractivity contribution in [2.75, 3.05) is 29.4 Å². The van der Waals surface area contributed by atoms with Gasteiger partial charge in [0.2, 0.25) is 6.29 Å². The second-order valence-corrected chi connectivity index (χ2v) is 10.3. The van der Waals surface area contributed by atoms with Crippen LogP contribution in [0, 0.1) is 19.7 Å². The van der Waals surface area contributed by atoms with E-state index >= 15 is 0 Å². The molecule has 3 atom stereocenters. The molecule has 10 heteroatoms. The molecule has 0 radical (unpaired) electrons. The van der Waals surface area contributed by atoms with Crippen LogP contribution < -0.4 is 9.80 Å². The lowest BCUT2D eigenvalue weighted by molar-refractivity contribution is 0.0107. The maximum Gasteiger partial charge on any atom is 0.416 e. The molecule has 0 aliphatic carbocycles. The molecule has 33 heavy (non-hydrogen) atoms. The molecule has 2 aromatic rings. The van der Waals surface area contributed by atoms with Gasteiger partial charge in [0.25, 0.3) is 0 Å². The van der Waals surface area contributed by atoms with Crippen LogP contribution in [0.3, 0.4) is 0 Å². The first kappa shape index (κ1) is 22.1. The fraction of sp³-hybridized carbons (Fsp3) is 0.435. The van der Waals surface area contributed by atoms with Crippen molar-refractivity contribution in [3.63, 3.8) is 0 Å². The molecule has 3 aliphatic rings. The third-order valence-corrected chi connectivity index (χ3v) is 7.71. The number of hydrogen-bond donors (Lipinski definition) is 0. The minimum atomic E-state index is -4.15. The summed E-state index contributed by atoms with van der Waals surface area (Å²) in [5.41, 5.74) is 2.18. The summed E-state index contributed by atoms with van der Waals surface area (Å²) < 4.78 is 56.5. The molecule has 1 amide bonds. The van der Waals surface area contributed by atoms with E-state index < -0.39 is 28.3 Å². The van der Waals surface area contributed by atoms with Crippen LogP contribution >= 0.6 is 0 Å². The van der Waals surface area contributed by atoms with Crippen LogP contribution in [0.25, 0.3) is 0 Å². The topological polar surface area (TPSA) is 85.4 Å². The molecule has 8 nitrogen and oxygen atoms in total. The Labute approximate surface area is 192 Å². The number of aryl methyl sites for hydroxylation is 2. The van der Waals surface area contributed by atoms with Gasteiger partial charge in [-0.3, -0.25) is 4.90 Å². The van der Waals surface area contributed by atoms with Gasteiger partial charge in [-0.2, -0.15) is 8.42 Å². The molecular formula is C23H25FN2O6S. The number of fused-ring (bicyclic) bond motifs is 2. The highest BCUT2D eigenvalue weighted by atomic mass is 32.2. The van der Waals surface area contributed by atoms with Crippen molar-refractivity contribution in [3.05, 3.63) is 53.3 Å². The molecule has 0 aromatic heterocycles. The van der Waals surface area contributed by atoms with Crippen molar-refractivity contribution < 1.29 is 31.3 Å². The molecule has 3 saturated heterocycles. The number of morpholine rings is 1. The van der Waals surface area contributed by atoms with Crippen LogP contribution in [0.5, 0.6) is 0 Å². The van der Waals surface area contributed by atoms with E-state index in [1.807, 2.05) is 11.8 Å². The number of carbonyl (C=O) groups is 1. The first-order valence-corrected chi connectivity index (χ1v) is 12.3. The van der Waals surface area contributed by atoms with Gasteiger partial charge < -0.3 is 14.4 Å². The van der Waals surface area contributed by atoms with E-state index in [9.17, 15) is 17.6 Å². The Balaban J connectivity index is 1.30. The monoisotopic (exact) mass is 476 g/mol. The lowest BCUT2D eigenvalue weighted by Gasteiger charge is -2.34. The lowest BCUT2D eigenvalue weighted by Crippen LogP contribution is -2.43. The van der Waals surface area contributed by atoms with E-state index in [4.69, 9.17) is 13.7 Å². The van der Waals surface area contributed by atoms with Crippen molar-refractivity contribution in [2.45, 2.75) is 50.1 Å². The number of carbonyl (C=O) groups excluding carboxylic acids is 1. The fourth-order valence-electron chi connectivity index (χ4n) is 4.70. The van der Waals surface area contributed by atoms with Gasteiger partial charge in [0.15, 0.2) is 0 Å². The average Bonchev–Trinajstić information content (AvgIpc) is 3.27. The molecule has 0 saturated carbocycles. The minimum absolute atomic E-state index is 0.0116. The molecule has 3 heterocycles. The van der Waals surface area contributed by atoms with Crippen LogP contribution in [-0.2, 0) is 23.8 Å². The number of benzene rings is 2. The first-order valence-electron chi connectivity index (χ1n) is 10.9. The summed E-state index contributed by atoms with van der Waals surface area (Å²) in [7, 11) is -4.15. The number of amides is 1. The molecule has 176 valence electrons. The number of cyclic esters (lactones) is 1.